The molecule has 2 aromatic rings. The standard InChI is InChI=1S/C21H23ClN2O2/c1-11-8-14(13-6-5-7-15-20(13)26-10-16(25)23-15)18(22)17-12(2)9-21(3,4)24-19(11)17/h5-8,12,24H,9-10H2,1-4H3,(H,23,25). The van der Waals surface area contributed by atoms with Gasteiger partial charge < -0.3 is 15.4 Å². The summed E-state index contributed by atoms with van der Waals surface area (Å²) in [6, 6.07) is 7.87. The second-order valence-corrected chi connectivity index (χ2v) is 8.35. The van der Waals surface area contributed by atoms with Gasteiger partial charge in [-0.3, -0.25) is 4.79 Å². The molecule has 0 radical (unpaired) electrons. The maximum Gasteiger partial charge on any atom is 0.262 e. The van der Waals surface area contributed by atoms with E-state index in [0.29, 0.717) is 17.4 Å². The Morgan fingerprint density at radius 2 is 2.04 bits per heavy atom. The van der Waals surface area contributed by atoms with E-state index in [9.17, 15) is 4.79 Å². The molecule has 1 atom stereocenters. The molecule has 2 heterocycles. The zero-order valence-electron chi connectivity index (χ0n) is 15.5. The van der Waals surface area contributed by atoms with E-state index in [-0.39, 0.29) is 18.1 Å². The topological polar surface area (TPSA) is 50.4 Å². The first-order chi connectivity index (χ1) is 12.3. The fraction of sp³-hybridized carbons (Fsp3) is 0.381. The van der Waals surface area contributed by atoms with Gasteiger partial charge in [0.25, 0.3) is 5.91 Å². The van der Waals surface area contributed by atoms with Gasteiger partial charge in [0, 0.05) is 22.4 Å². The van der Waals surface area contributed by atoms with Crippen LogP contribution in [0, 0.1) is 6.92 Å². The molecular formula is C21H23ClN2O2. The number of hydrogen-bond donors (Lipinski definition) is 2. The van der Waals surface area contributed by atoms with E-state index in [2.05, 4.69) is 44.4 Å². The fourth-order valence-electron chi connectivity index (χ4n) is 4.23. The smallest absolute Gasteiger partial charge is 0.262 e. The van der Waals surface area contributed by atoms with Crippen LogP contribution in [0.1, 0.15) is 44.2 Å². The molecule has 0 saturated carbocycles. The number of carbonyl (C=O) groups excluding carboxylic acids is 1. The number of halogens is 1. The van der Waals surface area contributed by atoms with Crippen LogP contribution in [0.5, 0.6) is 5.75 Å². The van der Waals surface area contributed by atoms with Crippen molar-refractivity contribution >= 4 is 28.9 Å². The normalized spacial score (nSPS) is 20.3. The maximum absolute atomic E-state index is 11.6. The third kappa shape index (κ3) is 2.73. The monoisotopic (exact) mass is 370 g/mol. The molecule has 4 rings (SSSR count). The van der Waals surface area contributed by atoms with Crippen molar-refractivity contribution in [3.05, 3.63) is 40.4 Å². The number of para-hydroxylation sites is 1. The summed E-state index contributed by atoms with van der Waals surface area (Å²) in [5, 5.41) is 7.28. The Balaban J connectivity index is 1.91. The van der Waals surface area contributed by atoms with Crippen LogP contribution >= 0.6 is 11.6 Å². The summed E-state index contributed by atoms with van der Waals surface area (Å²) in [4.78, 5) is 11.6. The summed E-state index contributed by atoms with van der Waals surface area (Å²) >= 11 is 6.91. The summed E-state index contributed by atoms with van der Waals surface area (Å²) in [6.45, 7) is 8.80. The Labute approximate surface area is 158 Å². The van der Waals surface area contributed by atoms with Gasteiger partial charge in [0.2, 0.25) is 0 Å². The molecule has 2 aliphatic rings. The minimum Gasteiger partial charge on any atom is -0.481 e. The van der Waals surface area contributed by atoms with Crippen LogP contribution in [0.2, 0.25) is 5.02 Å². The second kappa shape index (κ2) is 5.92. The number of amides is 1. The molecule has 0 spiro atoms. The Morgan fingerprint density at radius 1 is 1.27 bits per heavy atom. The number of nitrogens with one attached hydrogen (secondary N) is 2. The number of fused-ring (bicyclic) bond motifs is 2. The number of ether oxygens (including phenoxy) is 1. The maximum atomic E-state index is 11.6. The second-order valence-electron chi connectivity index (χ2n) is 7.98. The number of rotatable bonds is 1. The predicted octanol–water partition coefficient (Wildman–Crippen LogP) is 5.34. The minimum absolute atomic E-state index is 0.0255. The van der Waals surface area contributed by atoms with Gasteiger partial charge in [0.1, 0.15) is 0 Å². The van der Waals surface area contributed by atoms with E-state index in [4.69, 9.17) is 16.3 Å². The lowest BCUT2D eigenvalue weighted by Gasteiger charge is -2.39. The largest absolute Gasteiger partial charge is 0.481 e. The van der Waals surface area contributed by atoms with Crippen molar-refractivity contribution in [3.63, 3.8) is 0 Å². The van der Waals surface area contributed by atoms with Crippen molar-refractivity contribution in [1.29, 1.82) is 0 Å². The SMILES string of the molecule is Cc1cc(-c2cccc3c2OCC(=O)N3)c(Cl)c2c1NC(C)(C)CC2C. The number of aryl methyl sites for hydroxylation is 1. The van der Waals surface area contributed by atoms with Crippen molar-refractivity contribution in [2.24, 2.45) is 0 Å². The van der Waals surface area contributed by atoms with Gasteiger partial charge >= 0.3 is 0 Å². The lowest BCUT2D eigenvalue weighted by Crippen LogP contribution is -2.37. The number of carbonyl (C=O) groups is 1. The lowest BCUT2D eigenvalue weighted by molar-refractivity contribution is -0.118. The van der Waals surface area contributed by atoms with Gasteiger partial charge in [-0.2, -0.15) is 0 Å². The summed E-state index contributed by atoms with van der Waals surface area (Å²) < 4.78 is 5.73. The Kier molecular flexibility index (Phi) is 3.92. The van der Waals surface area contributed by atoms with Crippen LogP contribution in [0.4, 0.5) is 11.4 Å². The average molecular weight is 371 g/mol. The molecular weight excluding hydrogens is 348 g/mol. The summed E-state index contributed by atoms with van der Waals surface area (Å²) in [7, 11) is 0. The van der Waals surface area contributed by atoms with Crippen molar-refractivity contribution in [1.82, 2.24) is 0 Å². The van der Waals surface area contributed by atoms with Crippen LogP contribution in [-0.4, -0.2) is 18.1 Å². The molecule has 0 aromatic heterocycles. The van der Waals surface area contributed by atoms with E-state index in [1.54, 1.807) is 0 Å². The first-order valence-electron chi connectivity index (χ1n) is 8.94. The van der Waals surface area contributed by atoms with Gasteiger partial charge in [-0.1, -0.05) is 30.7 Å². The van der Waals surface area contributed by atoms with E-state index >= 15 is 0 Å². The zero-order valence-corrected chi connectivity index (χ0v) is 16.3. The fourth-order valence-corrected chi connectivity index (χ4v) is 4.67. The molecule has 2 aromatic carbocycles. The molecule has 136 valence electrons. The quantitative estimate of drug-likeness (QED) is 0.712. The highest BCUT2D eigenvalue weighted by Gasteiger charge is 2.33. The number of benzene rings is 2. The molecule has 0 fully saturated rings. The predicted molar refractivity (Wildman–Crippen MR) is 106 cm³/mol. The van der Waals surface area contributed by atoms with Gasteiger partial charge in [-0.25, -0.2) is 0 Å². The third-order valence-corrected chi connectivity index (χ3v) is 5.60. The lowest BCUT2D eigenvalue weighted by atomic mass is 9.79. The van der Waals surface area contributed by atoms with Crippen LogP contribution in [0.15, 0.2) is 24.3 Å². The molecule has 1 amide bonds. The highest BCUT2D eigenvalue weighted by molar-refractivity contribution is 6.35. The van der Waals surface area contributed by atoms with Crippen molar-refractivity contribution in [2.45, 2.75) is 45.6 Å². The summed E-state index contributed by atoms with van der Waals surface area (Å²) in [5.41, 5.74) is 6.06. The van der Waals surface area contributed by atoms with Crippen LogP contribution in [-0.2, 0) is 4.79 Å². The van der Waals surface area contributed by atoms with Gasteiger partial charge in [0.05, 0.1) is 10.7 Å². The van der Waals surface area contributed by atoms with Gasteiger partial charge in [0.15, 0.2) is 12.4 Å². The van der Waals surface area contributed by atoms with Crippen LogP contribution < -0.4 is 15.4 Å². The molecule has 1 unspecified atom stereocenters. The Hall–Kier alpha value is -2.20. The number of anilines is 2. The van der Waals surface area contributed by atoms with Crippen molar-refractivity contribution < 1.29 is 9.53 Å². The van der Waals surface area contributed by atoms with Gasteiger partial charge in [-0.15, -0.1) is 0 Å². The summed E-state index contributed by atoms with van der Waals surface area (Å²) in [5.74, 6) is 0.903. The summed E-state index contributed by atoms with van der Waals surface area (Å²) in [6.07, 6.45) is 1.02. The third-order valence-electron chi connectivity index (χ3n) is 5.20. The molecule has 2 N–H and O–H groups in total. The first-order valence-corrected chi connectivity index (χ1v) is 9.32. The van der Waals surface area contributed by atoms with E-state index in [1.165, 1.54) is 5.56 Å². The Morgan fingerprint density at radius 3 is 2.81 bits per heavy atom. The highest BCUT2D eigenvalue weighted by atomic mass is 35.5. The Bertz CT molecular complexity index is 921. The van der Waals surface area contributed by atoms with E-state index < -0.39 is 0 Å². The number of hydrogen-bond acceptors (Lipinski definition) is 3. The molecule has 0 aliphatic carbocycles. The highest BCUT2D eigenvalue weighted by Crippen LogP contribution is 2.49. The van der Waals surface area contributed by atoms with Crippen molar-refractivity contribution in [3.8, 4) is 16.9 Å². The zero-order chi connectivity index (χ0) is 18.6. The van der Waals surface area contributed by atoms with Gasteiger partial charge in [-0.05, 0) is 56.4 Å². The average Bonchev–Trinajstić information content (AvgIpc) is 2.56. The molecule has 4 nitrogen and oxygen atoms in total. The first kappa shape index (κ1) is 17.2. The van der Waals surface area contributed by atoms with Crippen LogP contribution in [0.3, 0.4) is 0 Å². The molecule has 0 saturated heterocycles. The molecule has 0 bridgehead atoms. The molecule has 26 heavy (non-hydrogen) atoms. The van der Waals surface area contributed by atoms with Crippen molar-refractivity contribution in [2.75, 3.05) is 17.2 Å². The molecule has 2 aliphatic heterocycles. The van der Waals surface area contributed by atoms with E-state index in [1.807, 2.05) is 18.2 Å². The minimum atomic E-state index is -0.137. The van der Waals surface area contributed by atoms with Crippen LogP contribution in [0.25, 0.3) is 11.1 Å². The molecule has 5 heteroatoms. The van der Waals surface area contributed by atoms with E-state index in [0.717, 1.165) is 33.8 Å².